The topological polar surface area (TPSA) is 92.4 Å². The molecule has 1 aromatic rings. The molecule has 8 heteroatoms. The molecule has 1 aromatic carbocycles. The van der Waals surface area contributed by atoms with E-state index in [1.807, 2.05) is 0 Å². The minimum atomic E-state index is -2.79. The number of carbonyl (C=O) groups is 2. The van der Waals surface area contributed by atoms with Crippen LogP contribution in [0.4, 0.5) is 13.2 Å². The van der Waals surface area contributed by atoms with Gasteiger partial charge >= 0.3 is 5.97 Å². The van der Waals surface area contributed by atoms with Crippen LogP contribution in [0.15, 0.2) is 18.2 Å². The summed E-state index contributed by atoms with van der Waals surface area (Å²) >= 11 is 0. The van der Waals surface area contributed by atoms with Gasteiger partial charge in [0.1, 0.15) is 11.9 Å². The first-order valence-electron chi connectivity index (χ1n) is 6.39. The molecular weight excluding hydrogens is 301 g/mol. The highest BCUT2D eigenvalue weighted by molar-refractivity contribution is 5.81. The van der Waals surface area contributed by atoms with Gasteiger partial charge in [-0.3, -0.25) is 9.59 Å². The predicted octanol–water partition coefficient (Wildman–Crippen LogP) is 2.38. The van der Waals surface area contributed by atoms with Crippen LogP contribution >= 0.6 is 0 Å². The normalized spacial score (nSPS) is 12.9. The van der Waals surface area contributed by atoms with Crippen molar-refractivity contribution >= 4 is 11.9 Å². The Balaban J connectivity index is 0.000000433. The third-order valence-electron chi connectivity index (χ3n) is 2.57. The monoisotopic (exact) mass is 320 g/mol. The molecule has 5 nitrogen and oxygen atoms in total. The number of benzene rings is 1. The van der Waals surface area contributed by atoms with E-state index in [0.717, 1.165) is 6.07 Å². The maximum atomic E-state index is 13.2. The van der Waals surface area contributed by atoms with Crippen LogP contribution in [0.5, 0.6) is 0 Å². The fraction of sp³-hybridized carbons (Fsp3) is 0.429. The van der Waals surface area contributed by atoms with Crippen LogP contribution in [0.25, 0.3) is 0 Å². The molecule has 1 rings (SSSR count). The summed E-state index contributed by atoms with van der Waals surface area (Å²) < 4.78 is 37.6. The molecule has 0 radical (unpaired) electrons. The van der Waals surface area contributed by atoms with E-state index in [1.54, 1.807) is 6.92 Å². The van der Waals surface area contributed by atoms with Crippen molar-refractivity contribution in [3.63, 3.8) is 0 Å². The molecule has 22 heavy (non-hydrogen) atoms. The molecule has 0 saturated heterocycles. The van der Waals surface area contributed by atoms with Gasteiger partial charge < -0.3 is 16.2 Å². The Kier molecular flexibility index (Phi) is 8.18. The quantitative estimate of drug-likeness (QED) is 0.794. The summed E-state index contributed by atoms with van der Waals surface area (Å²) in [6.45, 7) is 4.23. The van der Waals surface area contributed by atoms with Crippen molar-refractivity contribution in [2.45, 2.75) is 39.3 Å². The number of alkyl halides is 2. The van der Waals surface area contributed by atoms with Crippen molar-refractivity contribution in [3.8, 4) is 0 Å². The van der Waals surface area contributed by atoms with Gasteiger partial charge in [-0.25, -0.2) is 13.2 Å². The van der Waals surface area contributed by atoms with Gasteiger partial charge in [0.2, 0.25) is 5.91 Å². The number of carboxylic acid groups (broad SMARTS) is 1. The zero-order valence-corrected chi connectivity index (χ0v) is 12.4. The molecule has 0 unspecified atom stereocenters. The number of hydrogen-bond donors (Lipinski definition) is 3. The number of aliphatic carboxylic acids is 1. The molecule has 0 aliphatic carbocycles. The van der Waals surface area contributed by atoms with E-state index >= 15 is 0 Å². The van der Waals surface area contributed by atoms with Crippen molar-refractivity contribution in [1.29, 1.82) is 0 Å². The molecule has 0 fully saturated rings. The summed E-state index contributed by atoms with van der Waals surface area (Å²) in [4.78, 5) is 20.2. The largest absolute Gasteiger partial charge is 0.480 e. The molecule has 0 aliphatic rings. The molecule has 0 aliphatic heterocycles. The van der Waals surface area contributed by atoms with Gasteiger partial charge in [-0.05, 0) is 13.8 Å². The number of halogens is 3. The van der Waals surface area contributed by atoms with Crippen LogP contribution < -0.4 is 11.1 Å². The molecule has 0 spiro atoms. The second-order valence-corrected chi connectivity index (χ2v) is 4.60. The highest BCUT2D eigenvalue weighted by Gasteiger charge is 2.17. The third kappa shape index (κ3) is 6.57. The van der Waals surface area contributed by atoms with Crippen molar-refractivity contribution in [2.75, 3.05) is 0 Å². The lowest BCUT2D eigenvalue weighted by Gasteiger charge is -2.09. The molecule has 124 valence electrons. The van der Waals surface area contributed by atoms with Crippen LogP contribution in [0.2, 0.25) is 0 Å². The number of carboxylic acids is 1. The van der Waals surface area contributed by atoms with E-state index in [1.165, 1.54) is 26.0 Å². The maximum Gasteiger partial charge on any atom is 0.325 e. The fourth-order valence-electron chi connectivity index (χ4n) is 1.46. The van der Waals surface area contributed by atoms with Crippen LogP contribution in [-0.2, 0) is 9.59 Å². The summed E-state index contributed by atoms with van der Waals surface area (Å²) in [7, 11) is 0. The van der Waals surface area contributed by atoms with E-state index in [-0.39, 0.29) is 11.5 Å². The van der Waals surface area contributed by atoms with Gasteiger partial charge in [0.25, 0.3) is 6.43 Å². The highest BCUT2D eigenvalue weighted by atomic mass is 19.3. The van der Waals surface area contributed by atoms with E-state index in [9.17, 15) is 22.8 Å². The molecule has 0 aromatic heterocycles. The average molecular weight is 320 g/mol. The van der Waals surface area contributed by atoms with E-state index in [2.05, 4.69) is 5.32 Å². The number of nitrogens with one attached hydrogen (secondary N) is 1. The van der Waals surface area contributed by atoms with Crippen LogP contribution in [0.1, 0.15) is 44.4 Å². The first-order valence-corrected chi connectivity index (χ1v) is 6.39. The average Bonchev–Trinajstić information content (AvgIpc) is 2.38. The summed E-state index contributed by atoms with van der Waals surface area (Å²) in [5, 5.41) is 10.4. The van der Waals surface area contributed by atoms with Crippen molar-refractivity contribution < 1.29 is 27.9 Å². The molecular formula is C14H19F3N2O3. The lowest BCUT2D eigenvalue weighted by molar-refractivity contribution is -0.140. The summed E-state index contributed by atoms with van der Waals surface area (Å²) in [5.74, 6) is -2.25. The Morgan fingerprint density at radius 3 is 2.05 bits per heavy atom. The SMILES string of the molecule is CC(=O)N[C@@H](C)C(=O)O.C[C@@H](N)c1cccc(C(F)F)c1F. The van der Waals surface area contributed by atoms with Crippen molar-refractivity contribution in [1.82, 2.24) is 5.32 Å². The van der Waals surface area contributed by atoms with Crippen molar-refractivity contribution in [2.24, 2.45) is 5.73 Å². The first kappa shape index (κ1) is 19.9. The standard InChI is InChI=1S/C9H10F3N.C5H9NO3/c1-5(13)6-3-2-4-7(8(6)10)9(11)12;1-3(5(8)9)6-4(2)7/h2-5,9H,13H2,1H3;3H,1-2H3,(H,6,7)(H,8,9)/t5-;3-/m10/s1. The van der Waals surface area contributed by atoms with Crippen molar-refractivity contribution in [3.05, 3.63) is 35.1 Å². The smallest absolute Gasteiger partial charge is 0.325 e. The third-order valence-corrected chi connectivity index (χ3v) is 2.57. The summed E-state index contributed by atoms with van der Waals surface area (Å²) in [6, 6.07) is 2.49. The van der Waals surface area contributed by atoms with Crippen LogP contribution in [0, 0.1) is 5.82 Å². The van der Waals surface area contributed by atoms with E-state index in [0.29, 0.717) is 0 Å². The highest BCUT2D eigenvalue weighted by Crippen LogP contribution is 2.26. The Morgan fingerprint density at radius 1 is 1.23 bits per heavy atom. The Labute approximate surface area is 126 Å². The second-order valence-electron chi connectivity index (χ2n) is 4.60. The molecule has 0 saturated carbocycles. The predicted molar refractivity (Wildman–Crippen MR) is 74.9 cm³/mol. The lowest BCUT2D eigenvalue weighted by Crippen LogP contribution is -2.36. The Hall–Kier alpha value is -2.09. The van der Waals surface area contributed by atoms with E-state index in [4.69, 9.17) is 10.8 Å². The molecule has 0 heterocycles. The number of hydrogen-bond acceptors (Lipinski definition) is 3. The van der Waals surface area contributed by atoms with Crippen LogP contribution in [-0.4, -0.2) is 23.0 Å². The molecule has 4 N–H and O–H groups in total. The second kappa shape index (κ2) is 9.04. The molecule has 1 amide bonds. The van der Waals surface area contributed by atoms with Crippen LogP contribution in [0.3, 0.4) is 0 Å². The molecule has 2 atom stereocenters. The van der Waals surface area contributed by atoms with Gasteiger partial charge in [0.05, 0.1) is 5.56 Å². The van der Waals surface area contributed by atoms with Gasteiger partial charge in [-0.1, -0.05) is 18.2 Å². The zero-order valence-electron chi connectivity index (χ0n) is 12.4. The number of amides is 1. The fourth-order valence-corrected chi connectivity index (χ4v) is 1.46. The Bertz CT molecular complexity index is 496. The Morgan fingerprint density at radius 2 is 1.73 bits per heavy atom. The number of carbonyl (C=O) groups excluding carboxylic acids is 1. The lowest BCUT2D eigenvalue weighted by atomic mass is 10.0. The van der Waals surface area contributed by atoms with Gasteiger partial charge in [-0.2, -0.15) is 0 Å². The summed E-state index contributed by atoms with van der Waals surface area (Å²) in [6.07, 6.45) is -2.79. The number of nitrogens with two attached hydrogens (primary N) is 1. The van der Waals surface area contributed by atoms with Gasteiger partial charge in [0.15, 0.2) is 0 Å². The molecule has 0 bridgehead atoms. The van der Waals surface area contributed by atoms with E-state index < -0.39 is 35.9 Å². The van der Waals surface area contributed by atoms with Gasteiger partial charge in [-0.15, -0.1) is 0 Å². The van der Waals surface area contributed by atoms with Gasteiger partial charge in [0, 0.05) is 18.5 Å². The maximum absolute atomic E-state index is 13.2. The minimum absolute atomic E-state index is 0.123. The minimum Gasteiger partial charge on any atom is -0.480 e. The summed E-state index contributed by atoms with van der Waals surface area (Å²) in [5.41, 5.74) is 4.93. The first-order chi connectivity index (χ1) is 10.1. The zero-order chi connectivity index (χ0) is 17.4. The number of rotatable bonds is 4.